The highest BCUT2D eigenvalue weighted by Gasteiger charge is 2.34. The molecule has 2 aromatic rings. The summed E-state index contributed by atoms with van der Waals surface area (Å²) in [5, 5.41) is 6.30. The molecular weight excluding hydrogens is 429 g/mol. The number of carbonyl (C=O) groups is 1. The molecule has 0 unspecified atom stereocenters. The maximum Gasteiger partial charge on any atom is 0.252 e. The van der Waals surface area contributed by atoms with Gasteiger partial charge in [-0.1, -0.05) is 58.0 Å². The minimum Gasteiger partial charge on any atom is -0.497 e. The lowest BCUT2D eigenvalue weighted by Crippen LogP contribution is -2.49. The summed E-state index contributed by atoms with van der Waals surface area (Å²) in [7, 11) is 1.53. The largest absolute Gasteiger partial charge is 0.497 e. The average Bonchev–Trinajstić information content (AvgIpc) is 2.56. The van der Waals surface area contributed by atoms with Crippen LogP contribution in [0.5, 0.6) is 5.75 Å². The predicted molar refractivity (Wildman–Crippen MR) is 105 cm³/mol. The number of alkyl halides is 3. The van der Waals surface area contributed by atoms with Gasteiger partial charge < -0.3 is 15.4 Å². The van der Waals surface area contributed by atoms with Crippen LogP contribution in [-0.2, 0) is 0 Å². The van der Waals surface area contributed by atoms with Crippen LogP contribution in [0.4, 0.5) is 5.69 Å². The van der Waals surface area contributed by atoms with Crippen molar-refractivity contribution in [2.24, 2.45) is 0 Å². The zero-order valence-corrected chi connectivity index (χ0v) is 16.6. The number of anilines is 1. The second kappa shape index (κ2) is 8.56. The number of carbonyl (C=O) groups excluding carboxylic acids is 1. The van der Waals surface area contributed by atoms with Crippen LogP contribution in [-0.4, -0.2) is 23.0 Å². The van der Waals surface area contributed by atoms with Crippen molar-refractivity contribution in [2.75, 3.05) is 12.4 Å². The normalized spacial score (nSPS) is 12.4. The Morgan fingerprint density at radius 1 is 1.08 bits per heavy atom. The Morgan fingerprint density at radius 3 is 2.28 bits per heavy atom. The lowest BCUT2D eigenvalue weighted by Gasteiger charge is -2.28. The van der Waals surface area contributed by atoms with Crippen molar-refractivity contribution in [3.8, 4) is 5.75 Å². The van der Waals surface area contributed by atoms with Gasteiger partial charge >= 0.3 is 0 Å². The topological polar surface area (TPSA) is 50.4 Å². The van der Waals surface area contributed by atoms with Crippen LogP contribution in [0.2, 0.25) is 10.0 Å². The van der Waals surface area contributed by atoms with Crippen LogP contribution in [0.3, 0.4) is 0 Å². The number of methoxy groups -OCH3 is 1. The minimum absolute atomic E-state index is 0.363. The molecule has 4 nitrogen and oxygen atoms in total. The number of benzene rings is 2. The quantitative estimate of drug-likeness (QED) is 0.472. The second-order valence-electron chi connectivity index (χ2n) is 4.95. The third-order valence-corrected chi connectivity index (χ3v) is 4.40. The standard InChI is InChI=1S/C16H13Cl5N2O2/c1-25-11-5-2-9(3-6-11)14(24)23-15(16(19,20)21)22-13-8-10(17)4-7-12(13)18/h2-8,15,22H,1H3,(H,23,24)/t15-/m0/s1. The van der Waals surface area contributed by atoms with Gasteiger partial charge in [0, 0.05) is 10.6 Å². The van der Waals surface area contributed by atoms with Gasteiger partial charge in [0.1, 0.15) is 11.9 Å². The number of amides is 1. The summed E-state index contributed by atoms with van der Waals surface area (Å²) in [5.74, 6) is 0.183. The van der Waals surface area contributed by atoms with Crippen molar-refractivity contribution in [2.45, 2.75) is 9.96 Å². The zero-order valence-electron chi connectivity index (χ0n) is 12.8. The first-order valence-corrected chi connectivity index (χ1v) is 8.83. The first kappa shape index (κ1) is 20.3. The Bertz CT molecular complexity index is 747. The molecule has 0 aliphatic heterocycles. The Labute approximate surface area is 170 Å². The van der Waals surface area contributed by atoms with E-state index >= 15 is 0 Å². The van der Waals surface area contributed by atoms with Crippen LogP contribution in [0, 0.1) is 0 Å². The molecule has 9 heteroatoms. The van der Waals surface area contributed by atoms with Crippen molar-refractivity contribution in [3.63, 3.8) is 0 Å². The predicted octanol–water partition coefficient (Wildman–Crippen LogP) is 5.54. The fourth-order valence-corrected chi connectivity index (χ4v) is 2.59. The van der Waals surface area contributed by atoms with E-state index in [1.807, 2.05) is 0 Å². The average molecular weight is 443 g/mol. The van der Waals surface area contributed by atoms with E-state index < -0.39 is 15.9 Å². The first-order valence-electron chi connectivity index (χ1n) is 6.94. The Hall–Kier alpha value is -1.04. The molecule has 0 heterocycles. The molecule has 0 spiro atoms. The summed E-state index contributed by atoms with van der Waals surface area (Å²) < 4.78 is 3.21. The number of nitrogens with one attached hydrogen (secondary N) is 2. The maximum atomic E-state index is 12.4. The molecule has 0 radical (unpaired) electrons. The number of rotatable bonds is 5. The van der Waals surface area contributed by atoms with Gasteiger partial charge in [0.15, 0.2) is 0 Å². The van der Waals surface area contributed by atoms with Gasteiger partial charge in [-0.05, 0) is 42.5 Å². The molecule has 0 bridgehead atoms. The van der Waals surface area contributed by atoms with Crippen molar-refractivity contribution < 1.29 is 9.53 Å². The molecule has 0 aliphatic rings. The highest BCUT2D eigenvalue weighted by atomic mass is 35.6. The molecule has 0 fully saturated rings. The molecule has 0 aliphatic carbocycles. The van der Waals surface area contributed by atoms with Gasteiger partial charge in [0.2, 0.25) is 3.79 Å². The summed E-state index contributed by atoms with van der Waals surface area (Å²) in [6, 6.07) is 11.3. The Balaban J connectivity index is 2.20. The van der Waals surface area contributed by atoms with Crippen molar-refractivity contribution in [1.29, 1.82) is 0 Å². The lowest BCUT2D eigenvalue weighted by atomic mass is 10.2. The molecular formula is C16H13Cl5N2O2. The van der Waals surface area contributed by atoms with E-state index in [1.165, 1.54) is 7.11 Å². The maximum absolute atomic E-state index is 12.4. The molecule has 134 valence electrons. The molecule has 2 rings (SSSR count). The summed E-state index contributed by atoms with van der Waals surface area (Å²) in [6.45, 7) is 0. The molecule has 25 heavy (non-hydrogen) atoms. The third-order valence-electron chi connectivity index (χ3n) is 3.18. The van der Waals surface area contributed by atoms with Crippen molar-refractivity contribution in [3.05, 3.63) is 58.1 Å². The van der Waals surface area contributed by atoms with Crippen LogP contribution in [0.25, 0.3) is 0 Å². The fourth-order valence-electron chi connectivity index (χ4n) is 1.92. The van der Waals surface area contributed by atoms with Gasteiger partial charge in [-0.25, -0.2) is 0 Å². The fraction of sp³-hybridized carbons (Fsp3) is 0.188. The van der Waals surface area contributed by atoms with Gasteiger partial charge in [-0.3, -0.25) is 4.79 Å². The van der Waals surface area contributed by atoms with Crippen molar-refractivity contribution in [1.82, 2.24) is 5.32 Å². The zero-order chi connectivity index (χ0) is 18.6. The van der Waals surface area contributed by atoms with E-state index in [4.69, 9.17) is 62.7 Å². The highest BCUT2D eigenvalue weighted by molar-refractivity contribution is 6.68. The van der Waals surface area contributed by atoms with Gasteiger partial charge in [-0.2, -0.15) is 0 Å². The highest BCUT2D eigenvalue weighted by Crippen LogP contribution is 2.34. The molecule has 2 aromatic carbocycles. The van der Waals surface area contributed by atoms with E-state index in [0.717, 1.165) is 0 Å². The van der Waals surface area contributed by atoms with E-state index in [-0.39, 0.29) is 0 Å². The molecule has 0 aromatic heterocycles. The minimum atomic E-state index is -1.84. The van der Waals surface area contributed by atoms with E-state index in [9.17, 15) is 4.79 Å². The molecule has 0 saturated carbocycles. The molecule has 0 saturated heterocycles. The van der Waals surface area contributed by atoms with Gasteiger partial charge in [0.25, 0.3) is 5.91 Å². The monoisotopic (exact) mass is 440 g/mol. The summed E-state index contributed by atoms with van der Waals surface area (Å²) in [4.78, 5) is 12.4. The lowest BCUT2D eigenvalue weighted by molar-refractivity contribution is 0.0942. The molecule has 2 N–H and O–H groups in total. The SMILES string of the molecule is COc1ccc(C(=O)N[C@H](Nc2cc(Cl)ccc2Cl)C(Cl)(Cl)Cl)cc1. The number of halogens is 5. The number of hydrogen-bond donors (Lipinski definition) is 2. The van der Waals surface area contributed by atoms with Gasteiger partial charge in [0.05, 0.1) is 17.8 Å². The van der Waals surface area contributed by atoms with Crippen molar-refractivity contribution >= 4 is 69.6 Å². The first-order chi connectivity index (χ1) is 11.7. The van der Waals surface area contributed by atoms with Crippen LogP contribution < -0.4 is 15.4 Å². The number of hydrogen-bond acceptors (Lipinski definition) is 3. The molecule has 1 atom stereocenters. The van der Waals surface area contributed by atoms with Gasteiger partial charge in [-0.15, -0.1) is 0 Å². The Morgan fingerprint density at radius 2 is 1.72 bits per heavy atom. The molecule has 1 amide bonds. The van der Waals surface area contributed by atoms with E-state index in [1.54, 1.807) is 42.5 Å². The van der Waals surface area contributed by atoms with Crippen LogP contribution >= 0.6 is 58.0 Å². The summed E-state index contributed by atoms with van der Waals surface area (Å²) in [5.41, 5.74) is 0.791. The third kappa shape index (κ3) is 5.73. The smallest absolute Gasteiger partial charge is 0.252 e. The van der Waals surface area contributed by atoms with Crippen LogP contribution in [0.15, 0.2) is 42.5 Å². The van der Waals surface area contributed by atoms with E-state index in [2.05, 4.69) is 10.6 Å². The van der Waals surface area contributed by atoms with E-state index in [0.29, 0.717) is 27.0 Å². The Kier molecular flexibility index (Phi) is 6.94. The summed E-state index contributed by atoms with van der Waals surface area (Å²) in [6.07, 6.45) is -1.05. The number of ether oxygens (including phenoxy) is 1. The van der Waals surface area contributed by atoms with Crippen LogP contribution in [0.1, 0.15) is 10.4 Å². The second-order valence-corrected chi connectivity index (χ2v) is 8.16. The summed E-state index contributed by atoms with van der Waals surface area (Å²) >= 11 is 30.0.